The molecule has 1 amide bonds. The Balaban J connectivity index is 1.75. The van der Waals surface area contributed by atoms with Crippen LogP contribution >= 0.6 is 11.8 Å². The van der Waals surface area contributed by atoms with Crippen molar-refractivity contribution in [2.24, 2.45) is 0 Å². The first-order valence-electron chi connectivity index (χ1n) is 7.04. The summed E-state index contributed by atoms with van der Waals surface area (Å²) in [5.74, 6) is 1.20. The molecule has 0 N–H and O–H groups in total. The third-order valence-electron chi connectivity index (χ3n) is 3.62. The molecule has 5 heteroatoms. The maximum Gasteiger partial charge on any atom is 0.229 e. The maximum atomic E-state index is 12.5. The van der Waals surface area contributed by atoms with Crippen molar-refractivity contribution in [3.63, 3.8) is 0 Å². The van der Waals surface area contributed by atoms with Crippen LogP contribution in [0.3, 0.4) is 0 Å². The Hall–Kier alpha value is -1.49. The number of rotatable bonds is 4. The minimum Gasteiger partial charge on any atom is -0.356 e. The largest absolute Gasteiger partial charge is 0.356 e. The van der Waals surface area contributed by atoms with Gasteiger partial charge in [0.1, 0.15) is 5.69 Å². The van der Waals surface area contributed by atoms with Gasteiger partial charge >= 0.3 is 0 Å². The number of carbonyl (C=O) groups is 1. The van der Waals surface area contributed by atoms with Gasteiger partial charge in [0, 0.05) is 17.7 Å². The van der Waals surface area contributed by atoms with Crippen molar-refractivity contribution in [3.8, 4) is 0 Å². The Morgan fingerprint density at radius 1 is 1.50 bits per heavy atom. The van der Waals surface area contributed by atoms with Gasteiger partial charge in [-0.2, -0.15) is 0 Å². The molecule has 0 saturated carbocycles. The lowest BCUT2D eigenvalue weighted by atomic mass is 10.1. The normalized spacial score (nSPS) is 18.9. The molecule has 1 aliphatic rings. The Morgan fingerprint density at radius 3 is 3.20 bits per heavy atom. The zero-order valence-electron chi connectivity index (χ0n) is 11.5. The fraction of sp³-hybridized carbons (Fsp3) is 0.467. The molecule has 0 unspecified atom stereocenters. The van der Waals surface area contributed by atoms with Gasteiger partial charge in [-0.1, -0.05) is 30.6 Å². The summed E-state index contributed by atoms with van der Waals surface area (Å²) >= 11 is 1.88. The monoisotopic (exact) mass is 290 g/mol. The average molecular weight is 290 g/mol. The van der Waals surface area contributed by atoms with Gasteiger partial charge in [-0.15, -0.1) is 11.8 Å². The van der Waals surface area contributed by atoms with E-state index in [0.29, 0.717) is 11.8 Å². The molecule has 1 aromatic heterocycles. The lowest BCUT2D eigenvalue weighted by molar-refractivity contribution is -0.130. The molecule has 0 aliphatic carbocycles. The number of para-hydroxylation sites is 1. The van der Waals surface area contributed by atoms with Crippen molar-refractivity contribution in [2.75, 3.05) is 12.3 Å². The lowest BCUT2D eigenvalue weighted by Gasteiger charge is -2.23. The van der Waals surface area contributed by atoms with Gasteiger partial charge in [0.25, 0.3) is 0 Å². The second-order valence-electron chi connectivity index (χ2n) is 5.00. The molecule has 4 nitrogen and oxygen atoms in total. The first kappa shape index (κ1) is 13.5. The van der Waals surface area contributed by atoms with Crippen LogP contribution in [0.25, 0.3) is 11.0 Å². The molecule has 3 rings (SSSR count). The minimum absolute atomic E-state index is 0.160. The zero-order valence-corrected chi connectivity index (χ0v) is 12.4. The van der Waals surface area contributed by atoms with E-state index in [2.05, 4.69) is 12.1 Å². The van der Waals surface area contributed by atoms with Crippen LogP contribution in [0, 0.1) is 0 Å². The van der Waals surface area contributed by atoms with Crippen molar-refractivity contribution in [3.05, 3.63) is 30.0 Å². The second kappa shape index (κ2) is 5.87. The smallest absolute Gasteiger partial charge is 0.229 e. The molecule has 1 atom stereocenters. The molecule has 0 radical (unpaired) electrons. The predicted octanol–water partition coefficient (Wildman–Crippen LogP) is 3.07. The number of carbonyl (C=O) groups excluding carboxylic acids is 1. The molecule has 1 saturated heterocycles. The van der Waals surface area contributed by atoms with E-state index in [1.54, 1.807) is 0 Å². The van der Waals surface area contributed by atoms with E-state index < -0.39 is 0 Å². The Bertz CT molecular complexity index is 611. The van der Waals surface area contributed by atoms with Crippen molar-refractivity contribution < 1.29 is 9.32 Å². The SMILES string of the molecule is CCC[C@@H]1SCCN1C(=O)Cc1noc2ccccc12. The van der Waals surface area contributed by atoms with Crippen molar-refractivity contribution in [1.82, 2.24) is 10.1 Å². The third-order valence-corrected chi connectivity index (χ3v) is 4.91. The molecular weight excluding hydrogens is 272 g/mol. The van der Waals surface area contributed by atoms with Gasteiger partial charge in [-0.05, 0) is 18.6 Å². The van der Waals surface area contributed by atoms with Crippen LogP contribution in [0.2, 0.25) is 0 Å². The maximum absolute atomic E-state index is 12.5. The van der Waals surface area contributed by atoms with Gasteiger partial charge in [0.2, 0.25) is 5.91 Å². The van der Waals surface area contributed by atoms with E-state index in [1.807, 2.05) is 40.9 Å². The number of hydrogen-bond acceptors (Lipinski definition) is 4. The summed E-state index contributed by atoms with van der Waals surface area (Å²) in [7, 11) is 0. The van der Waals surface area contributed by atoms with E-state index in [0.717, 1.165) is 41.8 Å². The number of benzene rings is 1. The quantitative estimate of drug-likeness (QED) is 0.868. The molecular formula is C15H18N2O2S. The number of hydrogen-bond donors (Lipinski definition) is 0. The van der Waals surface area contributed by atoms with Crippen LogP contribution in [0.4, 0.5) is 0 Å². The molecule has 0 spiro atoms. The summed E-state index contributed by atoms with van der Waals surface area (Å²) in [5, 5.41) is 5.33. The third kappa shape index (κ3) is 2.54. The molecule has 2 aromatic rings. The first-order chi connectivity index (χ1) is 9.79. The number of aromatic nitrogens is 1. The number of fused-ring (bicyclic) bond motifs is 1. The van der Waals surface area contributed by atoms with Crippen molar-refractivity contribution in [2.45, 2.75) is 31.6 Å². The van der Waals surface area contributed by atoms with E-state index in [4.69, 9.17) is 4.52 Å². The van der Waals surface area contributed by atoms with Crippen LogP contribution in [0.5, 0.6) is 0 Å². The summed E-state index contributed by atoms with van der Waals surface area (Å²) in [6, 6.07) is 7.69. The van der Waals surface area contributed by atoms with Crippen molar-refractivity contribution >= 4 is 28.6 Å². The van der Waals surface area contributed by atoms with Crippen LogP contribution in [0.1, 0.15) is 25.5 Å². The van der Waals surface area contributed by atoms with Gasteiger partial charge in [-0.3, -0.25) is 4.79 Å². The van der Waals surface area contributed by atoms with Crippen molar-refractivity contribution in [1.29, 1.82) is 0 Å². The Morgan fingerprint density at radius 2 is 2.35 bits per heavy atom. The predicted molar refractivity (Wildman–Crippen MR) is 80.6 cm³/mol. The second-order valence-corrected chi connectivity index (χ2v) is 6.29. The van der Waals surface area contributed by atoms with Crippen LogP contribution < -0.4 is 0 Å². The highest BCUT2D eigenvalue weighted by molar-refractivity contribution is 8.00. The fourth-order valence-corrected chi connectivity index (χ4v) is 3.98. The first-order valence-corrected chi connectivity index (χ1v) is 8.09. The number of nitrogens with zero attached hydrogens (tertiary/aromatic N) is 2. The molecule has 1 aliphatic heterocycles. The van der Waals surface area contributed by atoms with Crippen LogP contribution in [0.15, 0.2) is 28.8 Å². The molecule has 1 fully saturated rings. The van der Waals surface area contributed by atoms with E-state index in [-0.39, 0.29) is 5.91 Å². The Labute approximate surface area is 122 Å². The van der Waals surface area contributed by atoms with E-state index >= 15 is 0 Å². The lowest BCUT2D eigenvalue weighted by Crippen LogP contribution is -2.35. The Kier molecular flexibility index (Phi) is 3.96. The van der Waals surface area contributed by atoms with E-state index in [9.17, 15) is 4.79 Å². The van der Waals surface area contributed by atoms with Gasteiger partial charge < -0.3 is 9.42 Å². The number of thioether (sulfide) groups is 1. The summed E-state index contributed by atoms with van der Waals surface area (Å²) < 4.78 is 5.26. The highest BCUT2D eigenvalue weighted by Crippen LogP contribution is 2.28. The van der Waals surface area contributed by atoms with Gasteiger partial charge in [0.15, 0.2) is 5.58 Å². The molecule has 2 heterocycles. The minimum atomic E-state index is 0.160. The topological polar surface area (TPSA) is 46.3 Å². The fourth-order valence-electron chi connectivity index (χ4n) is 2.60. The van der Waals surface area contributed by atoms with Crippen LogP contribution in [-0.4, -0.2) is 33.6 Å². The van der Waals surface area contributed by atoms with E-state index in [1.165, 1.54) is 0 Å². The zero-order chi connectivity index (χ0) is 13.9. The summed E-state index contributed by atoms with van der Waals surface area (Å²) in [6.07, 6.45) is 2.50. The summed E-state index contributed by atoms with van der Waals surface area (Å²) in [6.45, 7) is 3.01. The summed E-state index contributed by atoms with van der Waals surface area (Å²) in [5.41, 5.74) is 1.49. The molecule has 20 heavy (non-hydrogen) atoms. The van der Waals surface area contributed by atoms with Gasteiger partial charge in [-0.25, -0.2) is 0 Å². The van der Waals surface area contributed by atoms with Gasteiger partial charge in [0.05, 0.1) is 11.8 Å². The van der Waals surface area contributed by atoms with Crippen LogP contribution in [-0.2, 0) is 11.2 Å². The highest BCUT2D eigenvalue weighted by Gasteiger charge is 2.29. The standard InChI is InChI=1S/C15H18N2O2S/c1-2-5-15-17(8-9-20-15)14(18)10-12-11-6-3-4-7-13(11)19-16-12/h3-4,6-7,15H,2,5,8-10H2,1H3/t15-/m0/s1. The molecule has 1 aromatic carbocycles. The molecule has 0 bridgehead atoms. The molecule has 106 valence electrons. The highest BCUT2D eigenvalue weighted by atomic mass is 32.2. The number of amides is 1. The average Bonchev–Trinajstić information content (AvgIpc) is 3.07. The summed E-state index contributed by atoms with van der Waals surface area (Å²) in [4.78, 5) is 14.5.